The molecule has 0 bridgehead atoms. The second kappa shape index (κ2) is 8.28. The molecular weight excluding hydrogens is 348 g/mol. The monoisotopic (exact) mass is 372 g/mol. The molecule has 0 saturated heterocycles. The van der Waals surface area contributed by atoms with Crippen LogP contribution < -0.4 is 4.74 Å². The van der Waals surface area contributed by atoms with Crippen LogP contribution in [0.4, 0.5) is 0 Å². The van der Waals surface area contributed by atoms with Crippen molar-refractivity contribution in [2.45, 2.75) is 26.0 Å². The van der Waals surface area contributed by atoms with Crippen molar-refractivity contribution in [1.82, 2.24) is 9.55 Å². The fourth-order valence-corrected chi connectivity index (χ4v) is 3.42. The quantitative estimate of drug-likeness (QED) is 0.524. The Morgan fingerprint density at radius 3 is 2.46 bits per heavy atom. The summed E-state index contributed by atoms with van der Waals surface area (Å²) >= 11 is 0. The third-order valence-electron chi connectivity index (χ3n) is 4.92. The van der Waals surface area contributed by atoms with Crippen molar-refractivity contribution in [2.24, 2.45) is 0 Å². The molecule has 1 unspecified atom stereocenters. The third kappa shape index (κ3) is 4.07. The van der Waals surface area contributed by atoms with Crippen LogP contribution in [-0.4, -0.2) is 27.4 Å². The molecule has 0 fully saturated rings. The maximum absolute atomic E-state index is 10.6. The number of aliphatic hydroxyl groups excluding tert-OH is 1. The van der Waals surface area contributed by atoms with Gasteiger partial charge in [0.1, 0.15) is 24.3 Å². The Morgan fingerprint density at radius 2 is 1.64 bits per heavy atom. The van der Waals surface area contributed by atoms with Crippen molar-refractivity contribution in [1.29, 1.82) is 0 Å². The molecule has 0 aliphatic rings. The smallest absolute Gasteiger partial charge is 0.119 e. The first-order valence-corrected chi connectivity index (χ1v) is 9.55. The molecule has 0 aliphatic heterocycles. The molecule has 0 radical (unpaired) electrons. The van der Waals surface area contributed by atoms with E-state index in [1.807, 2.05) is 54.6 Å². The predicted molar refractivity (Wildman–Crippen MR) is 112 cm³/mol. The zero-order chi connectivity index (χ0) is 19.3. The molecule has 4 heteroatoms. The fraction of sp³-hybridized carbons (Fsp3) is 0.208. The molecule has 28 heavy (non-hydrogen) atoms. The van der Waals surface area contributed by atoms with Crippen molar-refractivity contribution >= 4 is 11.0 Å². The number of hydrogen-bond donors (Lipinski definition) is 1. The first-order valence-electron chi connectivity index (χ1n) is 9.55. The predicted octanol–water partition coefficient (Wildman–Crippen LogP) is 4.38. The zero-order valence-electron chi connectivity index (χ0n) is 16.0. The third-order valence-corrected chi connectivity index (χ3v) is 4.92. The van der Waals surface area contributed by atoms with Gasteiger partial charge in [-0.15, -0.1) is 0 Å². The van der Waals surface area contributed by atoms with Crippen LogP contribution in [0.3, 0.4) is 0 Å². The number of aromatic nitrogens is 2. The van der Waals surface area contributed by atoms with Crippen LogP contribution in [0.25, 0.3) is 11.0 Å². The van der Waals surface area contributed by atoms with Gasteiger partial charge in [0, 0.05) is 6.42 Å². The number of ether oxygens (including phenoxy) is 1. The molecule has 142 valence electrons. The number of aryl methyl sites for hydroxylation is 1. The molecule has 1 N–H and O–H groups in total. The number of imidazole rings is 1. The number of hydrogen-bond acceptors (Lipinski definition) is 3. The molecule has 3 aromatic carbocycles. The summed E-state index contributed by atoms with van der Waals surface area (Å²) in [5.41, 5.74) is 4.47. The number of para-hydroxylation sites is 3. The zero-order valence-corrected chi connectivity index (χ0v) is 16.0. The Labute approximate surface area is 165 Å². The minimum absolute atomic E-state index is 0.236. The average Bonchev–Trinajstić information content (AvgIpc) is 3.06. The van der Waals surface area contributed by atoms with Crippen molar-refractivity contribution in [2.75, 3.05) is 6.61 Å². The summed E-state index contributed by atoms with van der Waals surface area (Å²) in [4.78, 5) is 4.83. The lowest BCUT2D eigenvalue weighted by Crippen LogP contribution is -2.24. The normalized spacial score (nSPS) is 12.2. The second-order valence-corrected chi connectivity index (χ2v) is 7.01. The van der Waals surface area contributed by atoms with Crippen LogP contribution in [0, 0.1) is 6.92 Å². The maximum atomic E-state index is 10.6. The van der Waals surface area contributed by atoms with Gasteiger partial charge in [-0.3, -0.25) is 0 Å². The average molecular weight is 372 g/mol. The van der Waals surface area contributed by atoms with E-state index in [-0.39, 0.29) is 6.61 Å². The van der Waals surface area contributed by atoms with Gasteiger partial charge < -0.3 is 14.4 Å². The molecule has 0 amide bonds. The Balaban J connectivity index is 1.57. The van der Waals surface area contributed by atoms with Gasteiger partial charge in [0.2, 0.25) is 0 Å². The molecule has 0 spiro atoms. The van der Waals surface area contributed by atoms with Crippen LogP contribution in [0.2, 0.25) is 0 Å². The molecule has 1 atom stereocenters. The maximum Gasteiger partial charge on any atom is 0.119 e. The molecular formula is C24H24N2O2. The van der Waals surface area contributed by atoms with Gasteiger partial charge in [0.05, 0.1) is 17.6 Å². The summed E-state index contributed by atoms with van der Waals surface area (Å²) in [5, 5.41) is 10.6. The van der Waals surface area contributed by atoms with Crippen LogP contribution in [0.1, 0.15) is 17.0 Å². The van der Waals surface area contributed by atoms with E-state index < -0.39 is 6.10 Å². The first-order chi connectivity index (χ1) is 13.7. The van der Waals surface area contributed by atoms with E-state index in [0.29, 0.717) is 6.54 Å². The van der Waals surface area contributed by atoms with Crippen LogP contribution in [0.5, 0.6) is 5.75 Å². The molecule has 0 saturated carbocycles. The van der Waals surface area contributed by atoms with Crippen LogP contribution in [-0.2, 0) is 13.0 Å². The number of benzene rings is 3. The molecule has 1 heterocycles. The molecule has 4 nitrogen and oxygen atoms in total. The number of nitrogens with zero attached hydrogens (tertiary/aromatic N) is 2. The van der Waals surface area contributed by atoms with E-state index in [2.05, 4.69) is 35.8 Å². The fourth-order valence-electron chi connectivity index (χ4n) is 3.42. The van der Waals surface area contributed by atoms with Gasteiger partial charge in [-0.1, -0.05) is 54.6 Å². The topological polar surface area (TPSA) is 47.3 Å². The Morgan fingerprint density at radius 1 is 0.929 bits per heavy atom. The van der Waals surface area contributed by atoms with E-state index >= 15 is 0 Å². The lowest BCUT2D eigenvalue weighted by atomic mass is 10.1. The van der Waals surface area contributed by atoms with E-state index in [0.717, 1.165) is 29.0 Å². The molecule has 0 aliphatic carbocycles. The molecule has 4 rings (SSSR count). The standard InChI is InChI=1S/C24H24N2O2/c1-18-9-5-6-10-19(18)15-24-25-22-13-7-8-14-23(22)26(24)16-20(27)17-28-21-11-3-2-4-12-21/h2-14,20,27H,15-17H2,1H3. The first kappa shape index (κ1) is 18.3. The van der Waals surface area contributed by atoms with Crippen molar-refractivity contribution in [3.63, 3.8) is 0 Å². The minimum Gasteiger partial charge on any atom is -0.491 e. The Hall–Kier alpha value is -3.11. The van der Waals surface area contributed by atoms with E-state index in [4.69, 9.17) is 9.72 Å². The number of fused-ring (bicyclic) bond motifs is 1. The summed E-state index contributed by atoms with van der Waals surface area (Å²) in [5.74, 6) is 1.71. The summed E-state index contributed by atoms with van der Waals surface area (Å²) < 4.78 is 7.83. The summed E-state index contributed by atoms with van der Waals surface area (Å²) in [7, 11) is 0. The van der Waals surface area contributed by atoms with E-state index in [9.17, 15) is 5.11 Å². The van der Waals surface area contributed by atoms with Gasteiger partial charge in [-0.25, -0.2) is 4.98 Å². The van der Waals surface area contributed by atoms with Crippen molar-refractivity contribution in [3.05, 3.63) is 95.8 Å². The summed E-state index contributed by atoms with van der Waals surface area (Å²) in [6.45, 7) is 2.79. The highest BCUT2D eigenvalue weighted by molar-refractivity contribution is 5.76. The molecule has 1 aromatic heterocycles. The van der Waals surface area contributed by atoms with Gasteiger partial charge in [0.25, 0.3) is 0 Å². The van der Waals surface area contributed by atoms with Gasteiger partial charge in [0.15, 0.2) is 0 Å². The highest BCUT2D eigenvalue weighted by Gasteiger charge is 2.15. The highest BCUT2D eigenvalue weighted by Crippen LogP contribution is 2.21. The van der Waals surface area contributed by atoms with Gasteiger partial charge >= 0.3 is 0 Å². The summed E-state index contributed by atoms with van der Waals surface area (Å²) in [6.07, 6.45) is 0.0987. The lowest BCUT2D eigenvalue weighted by molar-refractivity contribution is 0.0928. The van der Waals surface area contributed by atoms with Crippen LogP contribution in [0.15, 0.2) is 78.9 Å². The van der Waals surface area contributed by atoms with Crippen molar-refractivity contribution in [3.8, 4) is 5.75 Å². The largest absolute Gasteiger partial charge is 0.491 e. The van der Waals surface area contributed by atoms with Gasteiger partial charge in [-0.2, -0.15) is 0 Å². The van der Waals surface area contributed by atoms with Gasteiger partial charge in [-0.05, 0) is 42.3 Å². The Kier molecular flexibility index (Phi) is 5.40. The second-order valence-electron chi connectivity index (χ2n) is 7.01. The van der Waals surface area contributed by atoms with Crippen molar-refractivity contribution < 1.29 is 9.84 Å². The highest BCUT2D eigenvalue weighted by atomic mass is 16.5. The SMILES string of the molecule is Cc1ccccc1Cc1nc2ccccc2n1CC(O)COc1ccccc1. The summed E-state index contributed by atoms with van der Waals surface area (Å²) in [6, 6.07) is 26.0. The molecule has 4 aromatic rings. The number of aliphatic hydroxyl groups is 1. The van der Waals surface area contributed by atoms with E-state index in [1.165, 1.54) is 11.1 Å². The Bertz CT molecular complexity index is 1060. The number of rotatable bonds is 7. The lowest BCUT2D eigenvalue weighted by Gasteiger charge is -2.16. The minimum atomic E-state index is -0.631. The van der Waals surface area contributed by atoms with Crippen LogP contribution >= 0.6 is 0 Å². The van der Waals surface area contributed by atoms with E-state index in [1.54, 1.807) is 0 Å².